The highest BCUT2D eigenvalue weighted by molar-refractivity contribution is 5.79. The summed E-state index contributed by atoms with van der Waals surface area (Å²) in [5.74, 6) is 0.545. The van der Waals surface area contributed by atoms with Crippen molar-refractivity contribution in [2.75, 3.05) is 17.6 Å². The van der Waals surface area contributed by atoms with Crippen LogP contribution in [0.1, 0.15) is 46.2 Å². The highest BCUT2D eigenvalue weighted by Crippen LogP contribution is 2.33. The van der Waals surface area contributed by atoms with E-state index < -0.39 is 5.54 Å². The molecule has 0 bridgehead atoms. The lowest BCUT2D eigenvalue weighted by Gasteiger charge is -2.32. The van der Waals surface area contributed by atoms with Crippen LogP contribution >= 0.6 is 0 Å². The van der Waals surface area contributed by atoms with Crippen LogP contribution in [-0.4, -0.2) is 34.7 Å². The zero-order valence-corrected chi connectivity index (χ0v) is 14.4. The number of allylic oxidation sites excluding steroid dienone is 1. The van der Waals surface area contributed by atoms with Gasteiger partial charge < -0.3 is 16.4 Å². The Balaban J connectivity index is 3.24. The van der Waals surface area contributed by atoms with Crippen molar-refractivity contribution in [3.8, 4) is 0 Å². The number of rotatable bonds is 8. The highest BCUT2D eigenvalue weighted by Gasteiger charge is 2.26. The van der Waals surface area contributed by atoms with Crippen LogP contribution in [0.2, 0.25) is 0 Å². The second-order valence-electron chi connectivity index (χ2n) is 5.91. The maximum absolute atomic E-state index is 11.2. The summed E-state index contributed by atoms with van der Waals surface area (Å²) in [6, 6.07) is 0. The van der Waals surface area contributed by atoms with Crippen LogP contribution in [0.25, 0.3) is 5.57 Å². The average Bonchev–Trinajstić information content (AvgIpc) is 2.45. The SMILES string of the molecule is C=Nc1c(NC(C)(CCC)CNC(C)=O)nc(N)nc1C(=C)C. The molecule has 1 aromatic heterocycles. The Morgan fingerprint density at radius 1 is 1.39 bits per heavy atom. The number of carbonyl (C=O) groups excluding carboxylic acids is 1. The molecular weight excluding hydrogens is 292 g/mol. The van der Waals surface area contributed by atoms with E-state index in [1.165, 1.54) is 6.92 Å². The monoisotopic (exact) mass is 318 g/mol. The minimum absolute atomic E-state index is 0.0824. The summed E-state index contributed by atoms with van der Waals surface area (Å²) in [5.41, 5.74) is 7.20. The molecule has 1 unspecified atom stereocenters. The predicted octanol–water partition coefficient (Wildman–Crippen LogP) is 2.53. The molecular formula is C16H26N6O. The predicted molar refractivity (Wildman–Crippen MR) is 96.0 cm³/mol. The Kier molecular flexibility index (Phi) is 6.24. The van der Waals surface area contributed by atoms with E-state index in [0.29, 0.717) is 23.7 Å². The van der Waals surface area contributed by atoms with Gasteiger partial charge in [-0.25, -0.2) is 4.98 Å². The minimum Gasteiger partial charge on any atom is -0.368 e. The third-order valence-corrected chi connectivity index (χ3v) is 3.41. The molecule has 0 saturated heterocycles. The molecule has 1 aromatic rings. The van der Waals surface area contributed by atoms with E-state index in [4.69, 9.17) is 5.73 Å². The van der Waals surface area contributed by atoms with Crippen LogP contribution in [0.3, 0.4) is 0 Å². The summed E-state index contributed by atoms with van der Waals surface area (Å²) >= 11 is 0. The standard InChI is InChI=1S/C16H26N6O/c1-7-8-16(5,9-19-11(4)23)22-14-13(18-6)12(10(2)3)20-15(17)21-14/h2,6-9H2,1,3-5H3,(H,19,23)(H3,17,20,21,22). The van der Waals surface area contributed by atoms with Gasteiger partial charge in [0.15, 0.2) is 5.82 Å². The molecule has 7 heteroatoms. The average molecular weight is 318 g/mol. The molecule has 0 aliphatic heterocycles. The fourth-order valence-electron chi connectivity index (χ4n) is 2.36. The fourth-order valence-corrected chi connectivity index (χ4v) is 2.36. The van der Waals surface area contributed by atoms with Gasteiger partial charge in [-0.1, -0.05) is 19.9 Å². The number of nitrogens with two attached hydrogens (primary N) is 1. The minimum atomic E-state index is -0.396. The molecule has 0 aliphatic carbocycles. The number of anilines is 2. The topological polar surface area (TPSA) is 105 Å². The van der Waals surface area contributed by atoms with Gasteiger partial charge in [-0.15, -0.1) is 0 Å². The molecule has 0 radical (unpaired) electrons. The summed E-state index contributed by atoms with van der Waals surface area (Å²) in [6.07, 6.45) is 1.77. The number of amides is 1. The van der Waals surface area contributed by atoms with E-state index >= 15 is 0 Å². The van der Waals surface area contributed by atoms with Crippen molar-refractivity contribution >= 4 is 35.7 Å². The number of hydrogen-bond acceptors (Lipinski definition) is 6. The lowest BCUT2D eigenvalue weighted by atomic mass is 9.95. The Morgan fingerprint density at radius 3 is 2.52 bits per heavy atom. The zero-order valence-electron chi connectivity index (χ0n) is 14.4. The summed E-state index contributed by atoms with van der Waals surface area (Å²) in [5, 5.41) is 6.19. The van der Waals surface area contributed by atoms with Crippen LogP contribution in [0.4, 0.5) is 17.5 Å². The lowest BCUT2D eigenvalue weighted by molar-refractivity contribution is -0.119. The molecule has 1 atom stereocenters. The molecule has 1 amide bonds. The number of nitrogen functional groups attached to an aromatic ring is 1. The quantitative estimate of drug-likeness (QED) is 0.639. The van der Waals surface area contributed by atoms with E-state index in [9.17, 15) is 4.79 Å². The number of aromatic nitrogens is 2. The molecule has 7 nitrogen and oxygen atoms in total. The molecule has 0 saturated carbocycles. The van der Waals surface area contributed by atoms with Crippen molar-refractivity contribution in [2.45, 2.75) is 46.1 Å². The van der Waals surface area contributed by atoms with Crippen molar-refractivity contribution in [3.63, 3.8) is 0 Å². The van der Waals surface area contributed by atoms with Crippen LogP contribution < -0.4 is 16.4 Å². The number of nitrogens with zero attached hydrogens (tertiary/aromatic N) is 3. The summed E-state index contributed by atoms with van der Waals surface area (Å²) in [4.78, 5) is 23.7. The van der Waals surface area contributed by atoms with Gasteiger partial charge in [-0.05, 0) is 32.6 Å². The maximum Gasteiger partial charge on any atom is 0.222 e. The first-order valence-corrected chi connectivity index (χ1v) is 7.55. The van der Waals surface area contributed by atoms with E-state index in [0.717, 1.165) is 18.4 Å². The van der Waals surface area contributed by atoms with Crippen molar-refractivity contribution in [1.29, 1.82) is 0 Å². The van der Waals surface area contributed by atoms with Gasteiger partial charge in [0.2, 0.25) is 11.9 Å². The fraction of sp³-hybridized carbons (Fsp3) is 0.500. The van der Waals surface area contributed by atoms with Gasteiger partial charge in [0.25, 0.3) is 0 Å². The second kappa shape index (κ2) is 7.71. The molecule has 1 rings (SSSR count). The summed E-state index contributed by atoms with van der Waals surface area (Å²) in [6.45, 7) is 15.3. The van der Waals surface area contributed by atoms with E-state index in [1.807, 2.05) is 13.8 Å². The first-order valence-electron chi connectivity index (χ1n) is 7.55. The Bertz CT molecular complexity index is 613. The number of aliphatic imine (C=N–C) groups is 1. The number of carbonyl (C=O) groups is 1. The van der Waals surface area contributed by atoms with Crippen molar-refractivity contribution in [1.82, 2.24) is 15.3 Å². The normalized spacial score (nSPS) is 13.0. The van der Waals surface area contributed by atoms with Gasteiger partial charge in [0, 0.05) is 13.5 Å². The molecule has 0 spiro atoms. The molecule has 126 valence electrons. The summed E-state index contributed by atoms with van der Waals surface area (Å²) in [7, 11) is 0. The Labute approximate surface area is 137 Å². The van der Waals surface area contributed by atoms with Crippen LogP contribution in [-0.2, 0) is 4.79 Å². The van der Waals surface area contributed by atoms with Crippen LogP contribution in [0.5, 0.6) is 0 Å². The van der Waals surface area contributed by atoms with E-state index in [2.05, 4.69) is 45.8 Å². The third kappa shape index (κ3) is 5.05. The van der Waals surface area contributed by atoms with E-state index in [1.54, 1.807) is 0 Å². The van der Waals surface area contributed by atoms with Gasteiger partial charge >= 0.3 is 0 Å². The van der Waals surface area contributed by atoms with E-state index in [-0.39, 0.29) is 11.9 Å². The van der Waals surface area contributed by atoms with Gasteiger partial charge in [0.1, 0.15) is 5.69 Å². The van der Waals surface area contributed by atoms with Crippen LogP contribution in [0, 0.1) is 0 Å². The number of hydrogen-bond donors (Lipinski definition) is 3. The molecule has 23 heavy (non-hydrogen) atoms. The smallest absolute Gasteiger partial charge is 0.222 e. The Hall–Kier alpha value is -2.44. The largest absolute Gasteiger partial charge is 0.368 e. The van der Waals surface area contributed by atoms with Crippen molar-refractivity contribution in [2.24, 2.45) is 4.99 Å². The molecule has 4 N–H and O–H groups in total. The number of nitrogens with one attached hydrogen (secondary N) is 2. The Morgan fingerprint density at radius 2 is 2.04 bits per heavy atom. The highest BCUT2D eigenvalue weighted by atomic mass is 16.1. The summed E-state index contributed by atoms with van der Waals surface area (Å²) < 4.78 is 0. The first-order chi connectivity index (χ1) is 10.7. The molecule has 0 fully saturated rings. The van der Waals surface area contributed by atoms with Gasteiger partial charge in [-0.3, -0.25) is 9.79 Å². The third-order valence-electron chi connectivity index (χ3n) is 3.41. The second-order valence-corrected chi connectivity index (χ2v) is 5.91. The zero-order chi connectivity index (χ0) is 17.6. The van der Waals surface area contributed by atoms with Gasteiger partial charge in [-0.2, -0.15) is 4.98 Å². The lowest BCUT2D eigenvalue weighted by Crippen LogP contribution is -2.46. The maximum atomic E-state index is 11.2. The van der Waals surface area contributed by atoms with Crippen LogP contribution in [0.15, 0.2) is 11.6 Å². The molecule has 1 heterocycles. The van der Waals surface area contributed by atoms with Crippen molar-refractivity contribution < 1.29 is 4.79 Å². The molecule has 0 aromatic carbocycles. The van der Waals surface area contributed by atoms with Gasteiger partial charge in [0.05, 0.1) is 11.2 Å². The molecule has 0 aliphatic rings. The van der Waals surface area contributed by atoms with Crippen molar-refractivity contribution in [3.05, 3.63) is 12.3 Å². The first kappa shape index (κ1) is 18.6.